The number of likely N-dealkylation sites (N-methyl/N-ethyl adjacent to an activating group) is 1. The molecule has 1 saturated heterocycles. The Morgan fingerprint density at radius 2 is 1.65 bits per heavy atom. The van der Waals surface area contributed by atoms with Crippen LogP contribution in [0.3, 0.4) is 0 Å². The normalized spacial score (nSPS) is 14.1. The molecule has 1 fully saturated rings. The molecule has 1 aliphatic rings. The summed E-state index contributed by atoms with van der Waals surface area (Å²) in [6.45, 7) is 0.918. The molecule has 1 aromatic heterocycles. The number of sulfonamides is 1. The van der Waals surface area contributed by atoms with Gasteiger partial charge < -0.3 is 26.0 Å². The number of carbonyl (C=O) groups is 4. The lowest BCUT2D eigenvalue weighted by atomic mass is 10.1. The minimum Gasteiger partial charge on any atom is -0.475 e. The maximum atomic E-state index is 13.3. The summed E-state index contributed by atoms with van der Waals surface area (Å²) in [5.74, 6) is -4.31. The summed E-state index contributed by atoms with van der Waals surface area (Å²) in [5, 5.41) is 22.0. The van der Waals surface area contributed by atoms with Gasteiger partial charge in [0.1, 0.15) is 5.69 Å². The number of aromatic amines is 1. The molecule has 3 amide bonds. The lowest BCUT2D eigenvalue weighted by Crippen LogP contribution is -2.46. The van der Waals surface area contributed by atoms with Crippen LogP contribution in [-0.2, 0) is 19.6 Å². The van der Waals surface area contributed by atoms with Gasteiger partial charge in [0.2, 0.25) is 15.9 Å². The molecule has 21 heteroatoms. The van der Waals surface area contributed by atoms with E-state index in [0.29, 0.717) is 25.1 Å². The van der Waals surface area contributed by atoms with Crippen molar-refractivity contribution in [2.24, 2.45) is 0 Å². The van der Waals surface area contributed by atoms with Gasteiger partial charge in [-0.15, -0.1) is 0 Å². The van der Waals surface area contributed by atoms with Crippen LogP contribution >= 0.6 is 34.8 Å². The number of amides is 3. The van der Waals surface area contributed by atoms with Crippen molar-refractivity contribution in [2.45, 2.75) is 30.0 Å². The minimum atomic E-state index is -5.08. The number of benzene rings is 2. The first-order chi connectivity index (χ1) is 23.8. The first kappa shape index (κ1) is 41.2. The van der Waals surface area contributed by atoms with E-state index in [2.05, 4.69) is 26.1 Å². The topological polar surface area (TPSA) is 194 Å². The highest BCUT2D eigenvalue weighted by atomic mass is 35.5. The first-order valence-corrected chi connectivity index (χ1v) is 17.2. The number of carbonyl (C=O) groups excluding carboxylic acids is 3. The number of nitrogens with zero attached hydrogens (tertiary/aromatic N) is 3. The maximum absolute atomic E-state index is 13.3. The Labute approximate surface area is 305 Å². The van der Waals surface area contributed by atoms with E-state index in [0.717, 1.165) is 0 Å². The van der Waals surface area contributed by atoms with E-state index in [1.54, 1.807) is 18.2 Å². The van der Waals surface area contributed by atoms with Gasteiger partial charge >= 0.3 is 12.1 Å². The van der Waals surface area contributed by atoms with Gasteiger partial charge in [-0.25, -0.2) is 13.2 Å². The smallest absolute Gasteiger partial charge is 0.475 e. The van der Waals surface area contributed by atoms with E-state index >= 15 is 0 Å². The van der Waals surface area contributed by atoms with Crippen molar-refractivity contribution < 1.29 is 45.9 Å². The fourth-order valence-corrected chi connectivity index (χ4v) is 6.94. The van der Waals surface area contributed by atoms with Crippen molar-refractivity contribution in [2.75, 3.05) is 44.4 Å². The Balaban J connectivity index is 0.000000908. The molecule has 0 bridgehead atoms. The Bertz CT molecular complexity index is 1880. The number of piperidine rings is 1. The summed E-state index contributed by atoms with van der Waals surface area (Å²) in [4.78, 5) is 48.9. The molecule has 1 aliphatic heterocycles. The molecule has 3 aromatic rings. The standard InChI is InChI=1S/C28H30Cl3N7O5S.C2HF3O2/c1-37(2)10-4-7-24(39)33-19-5-3-6-20(15-19)44(42,43)38-11-8-18(9-12-38)34-28(41)26-23(16-32-36-26)35-27(40)25-21(30)13-17(29)14-22(25)31;3-2(4,5)1(6)7/h3-7,13-16,18H,8-12H2,1-2H3,(H,32,36)(H,33,39)(H,34,41)(H,35,40);(H,6,7)/b7-4+;. The van der Waals surface area contributed by atoms with E-state index in [1.807, 2.05) is 19.0 Å². The number of rotatable bonds is 10. The van der Waals surface area contributed by atoms with E-state index in [-0.39, 0.29) is 61.9 Å². The second-order valence-corrected chi connectivity index (χ2v) is 14.2. The highest BCUT2D eigenvalue weighted by Gasteiger charge is 2.38. The summed E-state index contributed by atoms with van der Waals surface area (Å²) in [5.41, 5.74) is 0.458. The van der Waals surface area contributed by atoms with Crippen LogP contribution in [0.4, 0.5) is 24.5 Å². The molecule has 4 rings (SSSR count). The SMILES string of the molecule is CN(C)C/C=C/C(=O)Nc1cccc(S(=O)(=O)N2CCC(NC(=O)c3[nH]ncc3NC(=O)c3c(Cl)cc(Cl)cc3Cl)CC2)c1.O=C(O)C(F)(F)F. The van der Waals surface area contributed by atoms with Gasteiger partial charge in [0.25, 0.3) is 11.8 Å². The fraction of sp³-hybridized carbons (Fsp3) is 0.300. The van der Waals surface area contributed by atoms with Crippen molar-refractivity contribution in [3.8, 4) is 0 Å². The van der Waals surface area contributed by atoms with Crippen LogP contribution in [-0.4, -0.2) is 103 Å². The van der Waals surface area contributed by atoms with Gasteiger partial charge in [-0.3, -0.25) is 19.5 Å². The average Bonchev–Trinajstić information content (AvgIpc) is 3.49. The van der Waals surface area contributed by atoms with Crippen molar-refractivity contribution in [1.82, 2.24) is 24.7 Å². The zero-order chi connectivity index (χ0) is 38.1. The van der Waals surface area contributed by atoms with Crippen molar-refractivity contribution >= 4 is 79.9 Å². The lowest BCUT2D eigenvalue weighted by Gasteiger charge is -2.31. The molecular weight excluding hydrogens is 766 g/mol. The number of aliphatic carboxylic acids is 1. The third kappa shape index (κ3) is 11.9. The molecule has 14 nitrogen and oxygen atoms in total. The Kier molecular flexibility index (Phi) is 14.4. The summed E-state index contributed by atoms with van der Waals surface area (Å²) >= 11 is 18.2. The average molecular weight is 797 g/mol. The fourth-order valence-electron chi connectivity index (χ4n) is 4.43. The predicted octanol–water partition coefficient (Wildman–Crippen LogP) is 4.89. The summed E-state index contributed by atoms with van der Waals surface area (Å²) in [6, 6.07) is 8.48. The zero-order valence-electron chi connectivity index (χ0n) is 26.7. The number of hydrogen-bond acceptors (Lipinski definition) is 8. The summed E-state index contributed by atoms with van der Waals surface area (Å²) < 4.78 is 59.8. The molecule has 0 spiro atoms. The van der Waals surface area contributed by atoms with Gasteiger partial charge in [-0.05, 0) is 57.3 Å². The molecule has 2 aromatic carbocycles. The zero-order valence-corrected chi connectivity index (χ0v) is 29.8. The van der Waals surface area contributed by atoms with Crippen LogP contribution in [0, 0.1) is 0 Å². The second-order valence-electron chi connectivity index (χ2n) is 11.0. The lowest BCUT2D eigenvalue weighted by molar-refractivity contribution is -0.192. The van der Waals surface area contributed by atoms with E-state index in [1.165, 1.54) is 40.8 Å². The minimum absolute atomic E-state index is 0.00466. The highest BCUT2D eigenvalue weighted by molar-refractivity contribution is 7.89. The van der Waals surface area contributed by atoms with E-state index in [4.69, 9.17) is 44.7 Å². The number of aromatic nitrogens is 2. The largest absolute Gasteiger partial charge is 0.490 e. The number of carboxylic acid groups (broad SMARTS) is 1. The Morgan fingerprint density at radius 1 is 1.04 bits per heavy atom. The van der Waals surface area contributed by atoms with Crippen LogP contribution in [0.1, 0.15) is 33.7 Å². The van der Waals surface area contributed by atoms with Crippen LogP contribution < -0.4 is 16.0 Å². The van der Waals surface area contributed by atoms with E-state index in [9.17, 15) is 36.0 Å². The molecule has 2 heterocycles. The van der Waals surface area contributed by atoms with Crippen molar-refractivity contribution in [3.63, 3.8) is 0 Å². The number of halogens is 6. The molecule has 276 valence electrons. The molecule has 0 atom stereocenters. The maximum Gasteiger partial charge on any atom is 0.490 e. The molecule has 51 heavy (non-hydrogen) atoms. The monoisotopic (exact) mass is 795 g/mol. The van der Waals surface area contributed by atoms with Crippen molar-refractivity contribution in [1.29, 1.82) is 0 Å². The number of hydrogen-bond donors (Lipinski definition) is 5. The third-order valence-electron chi connectivity index (χ3n) is 6.86. The number of carboxylic acids is 1. The predicted molar refractivity (Wildman–Crippen MR) is 184 cm³/mol. The van der Waals surface area contributed by atoms with Gasteiger partial charge in [-0.2, -0.15) is 22.6 Å². The van der Waals surface area contributed by atoms with Gasteiger partial charge in [0, 0.05) is 42.5 Å². The molecule has 0 unspecified atom stereocenters. The molecular formula is C30H31Cl3F3N7O7S. The second kappa shape index (κ2) is 17.8. The van der Waals surface area contributed by atoms with E-state index < -0.39 is 34.0 Å². The summed E-state index contributed by atoms with van der Waals surface area (Å²) in [7, 11) is -0.0936. The molecule has 0 saturated carbocycles. The molecule has 5 N–H and O–H groups in total. The molecule has 0 radical (unpaired) electrons. The number of nitrogens with one attached hydrogen (secondary N) is 4. The van der Waals surface area contributed by atoms with Crippen molar-refractivity contribution in [3.05, 3.63) is 81.1 Å². The van der Waals surface area contributed by atoms with Crippen LogP contribution in [0.5, 0.6) is 0 Å². The van der Waals surface area contributed by atoms with Gasteiger partial charge in [0.15, 0.2) is 0 Å². The number of anilines is 2. The molecule has 0 aliphatic carbocycles. The van der Waals surface area contributed by atoms with Crippen LogP contribution in [0.25, 0.3) is 0 Å². The number of alkyl halides is 3. The summed E-state index contributed by atoms with van der Waals surface area (Å²) in [6.07, 6.45) is -0.00906. The van der Waals surface area contributed by atoms with Crippen LogP contribution in [0.15, 0.2) is 59.6 Å². The quantitative estimate of drug-likeness (QED) is 0.178. The Hall–Kier alpha value is -4.20. The Morgan fingerprint density at radius 3 is 2.22 bits per heavy atom. The van der Waals surface area contributed by atoms with Gasteiger partial charge in [0.05, 0.1) is 32.4 Å². The van der Waals surface area contributed by atoms with Gasteiger partial charge in [-0.1, -0.05) is 46.9 Å². The van der Waals surface area contributed by atoms with Crippen LogP contribution in [0.2, 0.25) is 15.1 Å². The number of H-pyrrole nitrogens is 1. The highest BCUT2D eigenvalue weighted by Crippen LogP contribution is 2.30. The first-order valence-electron chi connectivity index (χ1n) is 14.6. The third-order valence-corrected chi connectivity index (χ3v) is 9.57.